The van der Waals surface area contributed by atoms with E-state index in [1.165, 1.54) is 0 Å². The summed E-state index contributed by atoms with van der Waals surface area (Å²) in [6.45, 7) is -0.153. The predicted octanol–water partition coefficient (Wildman–Crippen LogP) is -4.09. The molecule has 0 radical (unpaired) electrons. The third-order valence-electron chi connectivity index (χ3n) is 1.24. The molecule has 0 aliphatic rings. The predicted molar refractivity (Wildman–Crippen MR) is 40.8 cm³/mol. The molecule has 0 aromatic heterocycles. The summed E-state index contributed by atoms with van der Waals surface area (Å²) in [7, 11) is 1.14. The van der Waals surface area contributed by atoms with E-state index < -0.39 is 24.5 Å². The maximum absolute atomic E-state index is 10.8. The summed E-state index contributed by atoms with van der Waals surface area (Å²) in [4.78, 5) is 41.0. The normalized spacial score (nSPS) is 10.5. The Hall–Kier alpha value is -0.760. The largest absolute Gasteiger partial charge is 1.00 e. The number of hydrogen-bond acceptors (Lipinski definition) is 7. The van der Waals surface area contributed by atoms with Gasteiger partial charge in [0.1, 0.15) is 0 Å². The van der Waals surface area contributed by atoms with Crippen LogP contribution < -0.4 is 29.6 Å². The first kappa shape index (κ1) is 16.7. The van der Waals surface area contributed by atoms with Gasteiger partial charge in [0, 0.05) is 7.11 Å². The summed E-state index contributed by atoms with van der Waals surface area (Å²) >= 11 is 0. The summed E-state index contributed by atoms with van der Waals surface area (Å²) in [5.74, 6) is -1.97. The Morgan fingerprint density at radius 1 is 1.27 bits per heavy atom. The van der Waals surface area contributed by atoms with E-state index in [2.05, 4.69) is 14.2 Å². The van der Waals surface area contributed by atoms with Crippen molar-refractivity contribution in [3.63, 3.8) is 0 Å². The van der Waals surface area contributed by atoms with Gasteiger partial charge in [0.2, 0.25) is 0 Å². The van der Waals surface area contributed by atoms with Crippen molar-refractivity contribution in [3.8, 4) is 0 Å². The Morgan fingerprint density at radius 2 is 1.80 bits per heavy atom. The van der Waals surface area contributed by atoms with Crippen LogP contribution in [0.15, 0.2) is 0 Å². The van der Waals surface area contributed by atoms with Crippen LogP contribution in [0.1, 0.15) is 7.85 Å². The van der Waals surface area contributed by atoms with Crippen LogP contribution in [0.25, 0.3) is 0 Å². The average Bonchev–Trinajstić information content (AvgIpc) is 2.15. The molecule has 0 rings (SSSR count). The Balaban J connectivity index is -0.000000845. The monoisotopic (exact) mass is 228 g/mol. The second kappa shape index (κ2) is 9.78. The SMILES string of the molecule is COC(CC(=O)OC=O)C(=O)OC=O.[H-].[Na+]. The van der Waals surface area contributed by atoms with E-state index in [0.29, 0.717) is 0 Å². The quantitative estimate of drug-likeness (QED) is 0.197. The molecule has 15 heavy (non-hydrogen) atoms. The van der Waals surface area contributed by atoms with Gasteiger partial charge in [-0.2, -0.15) is 0 Å². The zero-order chi connectivity index (χ0) is 11.0. The molecule has 0 spiro atoms. The molecule has 0 saturated heterocycles. The smallest absolute Gasteiger partial charge is 1.00 e. The van der Waals surface area contributed by atoms with Crippen molar-refractivity contribution in [3.05, 3.63) is 0 Å². The third-order valence-corrected chi connectivity index (χ3v) is 1.24. The molecule has 80 valence electrons. The van der Waals surface area contributed by atoms with Crippen LogP contribution in [0, 0.1) is 0 Å². The zero-order valence-electron chi connectivity index (χ0n) is 9.30. The molecular formula is C7H9NaO7. The van der Waals surface area contributed by atoms with Crippen LogP contribution in [0.3, 0.4) is 0 Å². The van der Waals surface area contributed by atoms with Gasteiger partial charge >= 0.3 is 54.4 Å². The van der Waals surface area contributed by atoms with Gasteiger partial charge < -0.3 is 15.6 Å². The third kappa shape index (κ3) is 7.20. The van der Waals surface area contributed by atoms with E-state index in [0.717, 1.165) is 7.11 Å². The van der Waals surface area contributed by atoms with Gasteiger partial charge in [0.15, 0.2) is 6.10 Å². The van der Waals surface area contributed by atoms with Gasteiger partial charge in [0.05, 0.1) is 6.42 Å². The summed E-state index contributed by atoms with van der Waals surface area (Å²) in [6.07, 6.45) is -1.75. The molecule has 1 atom stereocenters. The Kier molecular flexibility index (Phi) is 10.9. The fourth-order valence-electron chi connectivity index (χ4n) is 0.639. The van der Waals surface area contributed by atoms with E-state index in [1.807, 2.05) is 0 Å². The van der Waals surface area contributed by atoms with Crippen molar-refractivity contribution in [2.45, 2.75) is 12.5 Å². The molecule has 0 fully saturated rings. The molecule has 0 heterocycles. The fraction of sp³-hybridized carbons (Fsp3) is 0.429. The molecule has 7 nitrogen and oxygen atoms in total. The van der Waals surface area contributed by atoms with E-state index >= 15 is 0 Å². The van der Waals surface area contributed by atoms with Gasteiger partial charge in [-0.15, -0.1) is 0 Å². The number of ether oxygens (including phenoxy) is 3. The van der Waals surface area contributed by atoms with E-state index in [-0.39, 0.29) is 43.9 Å². The fourth-order valence-corrected chi connectivity index (χ4v) is 0.639. The standard InChI is InChI=1S/C7H8O7.Na.H/c1-12-5(7(11)14-4-9)2-6(10)13-3-8;;/h3-5H,2H2,1H3;;/q;+1;-1. The zero-order valence-corrected chi connectivity index (χ0v) is 10.3. The Morgan fingerprint density at radius 3 is 2.20 bits per heavy atom. The van der Waals surface area contributed by atoms with Crippen molar-refractivity contribution in [2.75, 3.05) is 7.11 Å². The van der Waals surface area contributed by atoms with Gasteiger partial charge in [-0.1, -0.05) is 0 Å². The first-order chi connectivity index (χ1) is 6.65. The van der Waals surface area contributed by atoms with Crippen LogP contribution >= 0.6 is 0 Å². The molecule has 0 aliphatic heterocycles. The molecular weight excluding hydrogens is 219 g/mol. The van der Waals surface area contributed by atoms with Crippen molar-refractivity contribution in [2.24, 2.45) is 0 Å². The Bertz CT molecular complexity index is 245. The molecule has 0 bridgehead atoms. The molecule has 8 heteroatoms. The van der Waals surface area contributed by atoms with Crippen molar-refractivity contribution >= 4 is 24.9 Å². The van der Waals surface area contributed by atoms with Crippen molar-refractivity contribution in [1.29, 1.82) is 0 Å². The van der Waals surface area contributed by atoms with E-state index in [9.17, 15) is 19.2 Å². The van der Waals surface area contributed by atoms with Gasteiger partial charge in [0.25, 0.3) is 0 Å². The average molecular weight is 228 g/mol. The second-order valence-corrected chi connectivity index (χ2v) is 2.05. The summed E-state index contributed by atoms with van der Waals surface area (Å²) in [5, 5.41) is 0. The minimum Gasteiger partial charge on any atom is -1.00 e. The summed E-state index contributed by atoms with van der Waals surface area (Å²) in [6, 6.07) is 0. The number of esters is 2. The molecule has 0 saturated carbocycles. The topological polar surface area (TPSA) is 96.0 Å². The number of carbonyl (C=O) groups is 4. The maximum Gasteiger partial charge on any atom is 1.00 e. The van der Waals surface area contributed by atoms with Gasteiger partial charge in [-0.3, -0.25) is 14.4 Å². The van der Waals surface area contributed by atoms with Crippen LogP contribution in [0.2, 0.25) is 0 Å². The minimum absolute atomic E-state index is 0. The van der Waals surface area contributed by atoms with Crippen LogP contribution in [0.4, 0.5) is 0 Å². The number of hydrogen-bond donors (Lipinski definition) is 0. The first-order valence-corrected chi connectivity index (χ1v) is 3.45. The first-order valence-electron chi connectivity index (χ1n) is 3.45. The van der Waals surface area contributed by atoms with E-state index in [4.69, 9.17) is 0 Å². The molecule has 0 N–H and O–H groups in total. The molecule has 0 aromatic rings. The maximum atomic E-state index is 10.8. The summed E-state index contributed by atoms with van der Waals surface area (Å²) in [5.41, 5.74) is 0. The molecule has 0 aliphatic carbocycles. The minimum atomic E-state index is -1.26. The molecule has 1 unspecified atom stereocenters. The van der Waals surface area contributed by atoms with Gasteiger partial charge in [-0.05, 0) is 0 Å². The number of carbonyl (C=O) groups excluding carboxylic acids is 4. The molecule has 0 aromatic carbocycles. The summed E-state index contributed by atoms with van der Waals surface area (Å²) < 4.78 is 12.4. The number of rotatable bonds is 6. The molecule has 0 amide bonds. The van der Waals surface area contributed by atoms with Crippen molar-refractivity contribution in [1.82, 2.24) is 0 Å². The second-order valence-electron chi connectivity index (χ2n) is 2.05. The van der Waals surface area contributed by atoms with Crippen LogP contribution in [-0.4, -0.2) is 38.1 Å². The van der Waals surface area contributed by atoms with Crippen LogP contribution in [0.5, 0.6) is 0 Å². The van der Waals surface area contributed by atoms with Crippen LogP contribution in [-0.2, 0) is 33.4 Å². The Labute approximate surface area is 109 Å². The van der Waals surface area contributed by atoms with Crippen molar-refractivity contribution < 1.29 is 64.4 Å². The number of methoxy groups -OCH3 is 1. The van der Waals surface area contributed by atoms with E-state index in [1.54, 1.807) is 0 Å². The van der Waals surface area contributed by atoms with Gasteiger partial charge in [-0.25, -0.2) is 4.79 Å².